The van der Waals surface area contributed by atoms with Gasteiger partial charge >= 0.3 is 0 Å². The third kappa shape index (κ3) is 2.57. The Bertz CT molecular complexity index is 631. The molecule has 1 amide bonds. The number of hydrogen-bond acceptors (Lipinski definition) is 3. The zero-order valence-corrected chi connectivity index (χ0v) is 12.9. The lowest BCUT2D eigenvalue weighted by molar-refractivity contribution is -0.139. The number of likely N-dealkylation sites (tertiary alicyclic amines) is 1. The van der Waals surface area contributed by atoms with Gasteiger partial charge in [0.05, 0.1) is 18.3 Å². The average molecular weight is 301 g/mol. The standard InChI is InChI=1S/C17H23N3O2/c21-16-9-8-15(12-6-7-12)18-20(16)11-14-5-2-10-19(14)17(22)13-3-1-4-13/h8-9,12-14H,1-7,10-11H2. The molecule has 0 spiro atoms. The second-order valence-electron chi connectivity index (χ2n) is 7.01. The van der Waals surface area contributed by atoms with Crippen LogP contribution in [0.3, 0.4) is 0 Å². The minimum atomic E-state index is -0.0488. The first-order chi connectivity index (χ1) is 10.7. The molecule has 2 aliphatic carbocycles. The molecule has 0 radical (unpaired) electrons. The molecule has 5 heteroatoms. The summed E-state index contributed by atoms with van der Waals surface area (Å²) in [6, 6.07) is 3.64. The SMILES string of the molecule is O=C(C1CCC1)N1CCCC1Cn1nc(C2CC2)ccc1=O. The molecule has 22 heavy (non-hydrogen) atoms. The zero-order valence-electron chi connectivity index (χ0n) is 12.9. The molecule has 2 heterocycles. The van der Waals surface area contributed by atoms with Gasteiger partial charge < -0.3 is 4.90 Å². The van der Waals surface area contributed by atoms with Crippen LogP contribution < -0.4 is 5.56 Å². The molecule has 1 aromatic heterocycles. The Kier molecular flexibility index (Phi) is 3.51. The highest BCUT2D eigenvalue weighted by molar-refractivity contribution is 5.80. The highest BCUT2D eigenvalue weighted by Crippen LogP contribution is 2.38. The molecule has 1 atom stereocenters. The molecule has 2 saturated carbocycles. The van der Waals surface area contributed by atoms with Crippen LogP contribution in [0.15, 0.2) is 16.9 Å². The second kappa shape index (κ2) is 5.52. The summed E-state index contributed by atoms with van der Waals surface area (Å²) in [5, 5.41) is 4.54. The molecular weight excluding hydrogens is 278 g/mol. The summed E-state index contributed by atoms with van der Waals surface area (Å²) < 4.78 is 1.59. The minimum Gasteiger partial charge on any atom is -0.338 e. The lowest BCUT2D eigenvalue weighted by Crippen LogP contribution is -2.44. The van der Waals surface area contributed by atoms with Crippen LogP contribution in [-0.4, -0.2) is 33.2 Å². The highest BCUT2D eigenvalue weighted by Gasteiger charge is 2.36. The van der Waals surface area contributed by atoms with Crippen molar-refractivity contribution in [1.29, 1.82) is 0 Å². The summed E-state index contributed by atoms with van der Waals surface area (Å²) in [5.41, 5.74) is 0.988. The number of hydrogen-bond donors (Lipinski definition) is 0. The molecule has 3 aliphatic rings. The Morgan fingerprint density at radius 1 is 1.14 bits per heavy atom. The highest BCUT2D eigenvalue weighted by atomic mass is 16.2. The Labute approximate surface area is 130 Å². The van der Waals surface area contributed by atoms with E-state index in [0.29, 0.717) is 18.4 Å². The van der Waals surface area contributed by atoms with E-state index >= 15 is 0 Å². The van der Waals surface area contributed by atoms with Gasteiger partial charge in [-0.1, -0.05) is 6.42 Å². The van der Waals surface area contributed by atoms with Crippen LogP contribution >= 0.6 is 0 Å². The number of nitrogens with zero attached hydrogens (tertiary/aromatic N) is 3. The van der Waals surface area contributed by atoms with Gasteiger partial charge in [0.15, 0.2) is 0 Å². The van der Waals surface area contributed by atoms with Crippen LogP contribution in [0.4, 0.5) is 0 Å². The van der Waals surface area contributed by atoms with E-state index in [1.165, 1.54) is 19.3 Å². The predicted octanol–water partition coefficient (Wildman–Crippen LogP) is 1.91. The van der Waals surface area contributed by atoms with Gasteiger partial charge in [-0.2, -0.15) is 5.10 Å². The second-order valence-corrected chi connectivity index (χ2v) is 7.01. The first kappa shape index (κ1) is 14.0. The Morgan fingerprint density at radius 3 is 2.64 bits per heavy atom. The van der Waals surface area contributed by atoms with Crippen LogP contribution in [0.5, 0.6) is 0 Å². The van der Waals surface area contributed by atoms with Crippen molar-refractivity contribution >= 4 is 5.91 Å². The molecule has 1 aliphatic heterocycles. The molecule has 3 fully saturated rings. The normalized spacial score (nSPS) is 25.3. The molecule has 4 rings (SSSR count). The van der Waals surface area contributed by atoms with Crippen LogP contribution in [-0.2, 0) is 11.3 Å². The molecule has 1 unspecified atom stereocenters. The summed E-state index contributed by atoms with van der Waals surface area (Å²) in [6.07, 6.45) is 7.65. The predicted molar refractivity (Wildman–Crippen MR) is 82.5 cm³/mol. The van der Waals surface area contributed by atoms with Gasteiger partial charge in [0.1, 0.15) is 0 Å². The van der Waals surface area contributed by atoms with Crippen LogP contribution in [0.1, 0.15) is 56.6 Å². The monoisotopic (exact) mass is 301 g/mol. The summed E-state index contributed by atoms with van der Waals surface area (Å²) in [6.45, 7) is 1.40. The Morgan fingerprint density at radius 2 is 1.95 bits per heavy atom. The Hall–Kier alpha value is -1.65. The van der Waals surface area contributed by atoms with Gasteiger partial charge in [0.25, 0.3) is 5.56 Å². The zero-order chi connectivity index (χ0) is 15.1. The van der Waals surface area contributed by atoms with Gasteiger partial charge in [0, 0.05) is 24.4 Å². The van der Waals surface area contributed by atoms with Crippen molar-refractivity contribution in [3.8, 4) is 0 Å². The molecule has 1 aromatic rings. The number of aromatic nitrogens is 2. The fraction of sp³-hybridized carbons (Fsp3) is 0.706. The maximum atomic E-state index is 12.5. The van der Waals surface area contributed by atoms with Crippen molar-refractivity contribution in [2.45, 2.75) is 63.5 Å². The van der Waals surface area contributed by atoms with Crippen LogP contribution in [0, 0.1) is 5.92 Å². The topological polar surface area (TPSA) is 55.2 Å². The maximum Gasteiger partial charge on any atom is 0.266 e. The van der Waals surface area contributed by atoms with Gasteiger partial charge in [-0.05, 0) is 44.6 Å². The molecule has 0 bridgehead atoms. The Balaban J connectivity index is 1.50. The molecule has 0 aromatic carbocycles. The van der Waals surface area contributed by atoms with E-state index in [0.717, 1.165) is 37.9 Å². The first-order valence-electron chi connectivity index (χ1n) is 8.61. The number of amides is 1. The van der Waals surface area contributed by atoms with E-state index in [1.54, 1.807) is 10.7 Å². The smallest absolute Gasteiger partial charge is 0.266 e. The molecule has 5 nitrogen and oxygen atoms in total. The van der Waals surface area contributed by atoms with E-state index in [9.17, 15) is 9.59 Å². The lowest BCUT2D eigenvalue weighted by atomic mass is 9.84. The van der Waals surface area contributed by atoms with Crippen molar-refractivity contribution in [3.05, 3.63) is 28.2 Å². The quantitative estimate of drug-likeness (QED) is 0.853. The number of rotatable bonds is 4. The molecular formula is C17H23N3O2. The van der Waals surface area contributed by atoms with Gasteiger partial charge in [-0.15, -0.1) is 0 Å². The fourth-order valence-corrected chi connectivity index (χ4v) is 3.60. The molecule has 1 saturated heterocycles. The van der Waals surface area contributed by atoms with E-state index < -0.39 is 0 Å². The molecule has 0 N–H and O–H groups in total. The lowest BCUT2D eigenvalue weighted by Gasteiger charge is -2.32. The third-order valence-electron chi connectivity index (χ3n) is 5.38. The van der Waals surface area contributed by atoms with Crippen molar-refractivity contribution < 1.29 is 4.79 Å². The maximum absolute atomic E-state index is 12.5. The average Bonchev–Trinajstić information content (AvgIpc) is 3.19. The van der Waals surface area contributed by atoms with E-state index in [1.807, 2.05) is 11.0 Å². The fourth-order valence-electron chi connectivity index (χ4n) is 3.60. The summed E-state index contributed by atoms with van der Waals surface area (Å²) in [5.74, 6) is 1.09. The third-order valence-corrected chi connectivity index (χ3v) is 5.38. The first-order valence-corrected chi connectivity index (χ1v) is 8.61. The summed E-state index contributed by atoms with van der Waals surface area (Å²) in [7, 11) is 0. The van der Waals surface area contributed by atoms with Crippen LogP contribution in [0.25, 0.3) is 0 Å². The number of carbonyl (C=O) groups is 1. The summed E-state index contributed by atoms with van der Waals surface area (Å²) in [4.78, 5) is 26.6. The van der Waals surface area contributed by atoms with Crippen molar-refractivity contribution in [3.63, 3.8) is 0 Å². The van der Waals surface area contributed by atoms with Crippen molar-refractivity contribution in [2.75, 3.05) is 6.54 Å². The van der Waals surface area contributed by atoms with Gasteiger partial charge in [-0.25, -0.2) is 4.68 Å². The summed E-state index contributed by atoms with van der Waals surface area (Å²) >= 11 is 0. The molecule has 118 valence electrons. The van der Waals surface area contributed by atoms with Crippen molar-refractivity contribution in [2.24, 2.45) is 5.92 Å². The van der Waals surface area contributed by atoms with E-state index in [-0.39, 0.29) is 17.5 Å². The minimum absolute atomic E-state index is 0.0488. The largest absolute Gasteiger partial charge is 0.338 e. The van der Waals surface area contributed by atoms with Crippen molar-refractivity contribution in [1.82, 2.24) is 14.7 Å². The number of carbonyl (C=O) groups excluding carboxylic acids is 1. The van der Waals surface area contributed by atoms with Crippen LogP contribution in [0.2, 0.25) is 0 Å². The van der Waals surface area contributed by atoms with E-state index in [4.69, 9.17) is 0 Å². The van der Waals surface area contributed by atoms with Gasteiger partial charge in [-0.3, -0.25) is 9.59 Å². The van der Waals surface area contributed by atoms with Gasteiger partial charge in [0.2, 0.25) is 5.91 Å². The van der Waals surface area contributed by atoms with E-state index in [2.05, 4.69) is 5.10 Å².